The number of aliphatic carboxylic acids is 1. The molecule has 9 heteroatoms. The number of amides is 1. The number of aryl methyl sites for hydroxylation is 1. The number of para-hydroxylation sites is 1. The second kappa shape index (κ2) is 14.2. The van der Waals surface area contributed by atoms with Crippen molar-refractivity contribution < 1.29 is 19.5 Å². The molecule has 1 amide bonds. The highest BCUT2D eigenvalue weighted by molar-refractivity contribution is 5.91. The number of hydrogen-bond acceptors (Lipinski definition) is 5. The fourth-order valence-corrected chi connectivity index (χ4v) is 4.21. The molecule has 6 N–H and O–H groups in total. The number of rotatable bonds is 13. The molecular formula is C27H33ClN4O4. The van der Waals surface area contributed by atoms with E-state index in [2.05, 4.69) is 4.98 Å². The van der Waals surface area contributed by atoms with Crippen LogP contribution in [-0.2, 0) is 27.2 Å². The van der Waals surface area contributed by atoms with E-state index in [1.165, 1.54) is 0 Å². The minimum atomic E-state index is -1.31. The molecule has 0 saturated heterocycles. The summed E-state index contributed by atoms with van der Waals surface area (Å²) in [4.78, 5) is 42.2. The van der Waals surface area contributed by atoms with Gasteiger partial charge in [-0.3, -0.25) is 9.69 Å². The number of halogens is 1. The number of fused-ring (bicyclic) bond motifs is 1. The third-order valence-electron chi connectivity index (χ3n) is 6.11. The molecule has 2 atom stereocenters. The number of carbonyl (C=O) groups excluding carboxylic acids is 2. The number of unbranched alkanes of at least 4 members (excludes halogenated alkanes) is 1. The van der Waals surface area contributed by atoms with Crippen molar-refractivity contribution in [1.82, 2.24) is 9.88 Å². The van der Waals surface area contributed by atoms with Gasteiger partial charge in [0.2, 0.25) is 5.91 Å². The predicted molar refractivity (Wildman–Crippen MR) is 142 cm³/mol. The lowest BCUT2D eigenvalue weighted by atomic mass is 9.99. The van der Waals surface area contributed by atoms with Crippen molar-refractivity contribution in [3.05, 3.63) is 77.6 Å². The van der Waals surface area contributed by atoms with Crippen molar-refractivity contribution in [3.63, 3.8) is 0 Å². The van der Waals surface area contributed by atoms with Gasteiger partial charge >= 0.3 is 5.97 Å². The smallest absolute Gasteiger partial charge is 0.327 e. The molecule has 8 nitrogen and oxygen atoms in total. The molecule has 0 saturated carbocycles. The van der Waals surface area contributed by atoms with Crippen LogP contribution in [0.1, 0.15) is 36.8 Å². The lowest BCUT2D eigenvalue weighted by Crippen LogP contribution is -2.52. The summed E-state index contributed by atoms with van der Waals surface area (Å²) in [5, 5.41) is 11.0. The fourth-order valence-electron chi connectivity index (χ4n) is 4.21. The van der Waals surface area contributed by atoms with Crippen molar-refractivity contribution in [2.45, 2.75) is 50.6 Å². The number of benzene rings is 2. The van der Waals surface area contributed by atoms with Crippen molar-refractivity contribution in [2.75, 3.05) is 6.54 Å². The number of allylic oxidation sites excluding steroid dienone is 1. The topological polar surface area (TPSA) is 143 Å². The lowest BCUT2D eigenvalue weighted by Gasteiger charge is -2.31. The Morgan fingerprint density at radius 1 is 1.06 bits per heavy atom. The minimum absolute atomic E-state index is 0. The molecule has 1 aromatic heterocycles. The molecule has 0 bridgehead atoms. The van der Waals surface area contributed by atoms with Gasteiger partial charge in [0.25, 0.3) is 0 Å². The summed E-state index contributed by atoms with van der Waals surface area (Å²) in [5.74, 6) is 0.0387. The molecule has 0 radical (unpaired) electrons. The first-order valence-electron chi connectivity index (χ1n) is 11.8. The van der Waals surface area contributed by atoms with Gasteiger partial charge in [0.15, 0.2) is 0 Å². The first kappa shape index (κ1) is 28.8. The molecule has 0 spiro atoms. The zero-order valence-corrected chi connectivity index (χ0v) is 20.9. The zero-order chi connectivity index (χ0) is 25.2. The van der Waals surface area contributed by atoms with Crippen LogP contribution in [0.5, 0.6) is 0 Å². The maximum absolute atomic E-state index is 13.5. The number of carbonyl (C=O) groups is 2. The Morgan fingerprint density at radius 3 is 2.42 bits per heavy atom. The number of nitrogens with zero attached hydrogens (tertiary/aromatic N) is 1. The summed E-state index contributed by atoms with van der Waals surface area (Å²) in [6.45, 7) is 0.472. The summed E-state index contributed by atoms with van der Waals surface area (Å²) in [6, 6.07) is 14.7. The van der Waals surface area contributed by atoms with Gasteiger partial charge in [-0.1, -0.05) is 55.0 Å². The normalized spacial score (nSPS) is 12.3. The van der Waals surface area contributed by atoms with Crippen LogP contribution in [0, 0.1) is 0 Å². The van der Waals surface area contributed by atoms with Crippen molar-refractivity contribution >= 4 is 41.1 Å². The molecular weight excluding hydrogens is 480 g/mol. The van der Waals surface area contributed by atoms with Gasteiger partial charge in [-0.25, -0.2) is 9.59 Å². The molecule has 3 rings (SSSR count). The molecule has 3 aromatic rings. The summed E-state index contributed by atoms with van der Waals surface area (Å²) >= 11 is 0. The van der Waals surface area contributed by atoms with Crippen molar-refractivity contribution in [2.24, 2.45) is 11.5 Å². The van der Waals surface area contributed by atoms with Gasteiger partial charge < -0.3 is 21.6 Å². The zero-order valence-electron chi connectivity index (χ0n) is 20.1. The predicted octanol–water partition coefficient (Wildman–Crippen LogP) is 3.22. The Kier molecular flexibility index (Phi) is 11.4. The second-order valence-electron chi connectivity index (χ2n) is 8.55. The van der Waals surface area contributed by atoms with Gasteiger partial charge in [0.05, 0.1) is 6.04 Å². The van der Waals surface area contributed by atoms with Crippen LogP contribution in [0.4, 0.5) is 0 Å². The minimum Gasteiger partial charge on any atom is -0.480 e. The number of aromatic amines is 1. The first-order valence-corrected chi connectivity index (χ1v) is 11.8. The first-order chi connectivity index (χ1) is 17.0. The van der Waals surface area contributed by atoms with Crippen LogP contribution in [0.15, 0.2) is 66.5 Å². The Hall–Kier alpha value is -3.42. The maximum atomic E-state index is 13.5. The van der Waals surface area contributed by atoms with Crippen LogP contribution in [0.25, 0.3) is 10.9 Å². The summed E-state index contributed by atoms with van der Waals surface area (Å²) in [7, 11) is 0. The van der Waals surface area contributed by atoms with Crippen LogP contribution < -0.4 is 11.5 Å². The highest BCUT2D eigenvalue weighted by Crippen LogP contribution is 2.24. The largest absolute Gasteiger partial charge is 0.480 e. The highest BCUT2D eigenvalue weighted by atomic mass is 35.5. The van der Waals surface area contributed by atoms with E-state index in [0.29, 0.717) is 32.2 Å². The lowest BCUT2D eigenvalue weighted by molar-refractivity contribution is -0.149. The third kappa shape index (κ3) is 7.29. The number of aromatic nitrogens is 1. The Labute approximate surface area is 216 Å². The van der Waals surface area contributed by atoms with Crippen LogP contribution >= 0.6 is 12.4 Å². The van der Waals surface area contributed by atoms with E-state index in [-0.39, 0.29) is 30.9 Å². The molecule has 0 aliphatic rings. The maximum Gasteiger partial charge on any atom is 0.327 e. The average Bonchev–Trinajstić information content (AvgIpc) is 3.28. The average molecular weight is 513 g/mol. The van der Waals surface area contributed by atoms with E-state index >= 15 is 0 Å². The van der Waals surface area contributed by atoms with Crippen LogP contribution in [0.3, 0.4) is 0 Å². The number of H-pyrrole nitrogens is 1. The second-order valence-corrected chi connectivity index (χ2v) is 8.55. The molecule has 1 heterocycles. The fraction of sp³-hybridized carbons (Fsp3) is 0.333. The van der Waals surface area contributed by atoms with Gasteiger partial charge in [-0.05, 0) is 43.0 Å². The quantitative estimate of drug-likeness (QED) is 0.204. The summed E-state index contributed by atoms with van der Waals surface area (Å²) in [6.07, 6.45) is 4.03. The molecule has 2 aromatic carbocycles. The number of carboxylic acid groups (broad SMARTS) is 1. The molecule has 0 aliphatic heterocycles. The van der Waals surface area contributed by atoms with E-state index in [1.54, 1.807) is 6.20 Å². The number of hydrogen-bond donors (Lipinski definition) is 4. The SMILES string of the molecule is Cl.NCCCC[C@H](N)C(=O)N(C(=C=O)CCc1ccccc1)[C@@H](Cc1c[nH]c2ccccc12)C(=O)O. The molecule has 0 unspecified atom stereocenters. The molecule has 0 aliphatic carbocycles. The highest BCUT2D eigenvalue weighted by Gasteiger charge is 2.36. The van der Waals surface area contributed by atoms with Gasteiger partial charge in [-0.2, -0.15) is 0 Å². The summed E-state index contributed by atoms with van der Waals surface area (Å²) < 4.78 is 0. The van der Waals surface area contributed by atoms with Crippen LogP contribution in [-0.4, -0.2) is 51.4 Å². The number of nitrogens with one attached hydrogen (secondary N) is 1. The monoisotopic (exact) mass is 512 g/mol. The van der Waals surface area contributed by atoms with Gasteiger partial charge in [-0.15, -0.1) is 12.4 Å². The van der Waals surface area contributed by atoms with E-state index in [0.717, 1.165) is 26.9 Å². The van der Waals surface area contributed by atoms with Crippen LogP contribution in [0.2, 0.25) is 0 Å². The van der Waals surface area contributed by atoms with E-state index in [9.17, 15) is 19.5 Å². The Morgan fingerprint density at radius 2 is 1.75 bits per heavy atom. The van der Waals surface area contributed by atoms with Gasteiger partial charge in [0.1, 0.15) is 17.7 Å². The van der Waals surface area contributed by atoms with Gasteiger partial charge in [0, 0.05) is 29.9 Å². The van der Waals surface area contributed by atoms with E-state index in [1.807, 2.05) is 60.5 Å². The third-order valence-corrected chi connectivity index (χ3v) is 6.11. The van der Waals surface area contributed by atoms with E-state index in [4.69, 9.17) is 11.5 Å². The van der Waals surface area contributed by atoms with Crippen molar-refractivity contribution in [3.8, 4) is 0 Å². The summed E-state index contributed by atoms with van der Waals surface area (Å²) in [5.41, 5.74) is 14.3. The Bertz CT molecular complexity index is 1190. The molecule has 192 valence electrons. The molecule has 36 heavy (non-hydrogen) atoms. The van der Waals surface area contributed by atoms with Crippen molar-refractivity contribution in [1.29, 1.82) is 0 Å². The Balaban J connectivity index is 0.00000456. The molecule has 0 fully saturated rings. The number of nitrogens with two attached hydrogens (primary N) is 2. The number of carboxylic acids is 1. The van der Waals surface area contributed by atoms with E-state index < -0.39 is 24.0 Å². The standard InChI is InChI=1S/C27H32N4O4.ClH/c28-15-7-6-11-23(29)26(33)31(21(18-32)14-13-19-8-2-1-3-9-19)25(27(34)35)16-20-17-30-24-12-5-4-10-22(20)24;/h1-5,8-10,12,17,23,25,30H,6-7,11,13-16,28-29H2,(H,34,35);1H/t23-,25-;/m0./s1.